The molecule has 108 valence electrons. The summed E-state index contributed by atoms with van der Waals surface area (Å²) in [6.07, 6.45) is 1.54. The molecule has 3 heteroatoms. The van der Waals surface area contributed by atoms with Crippen molar-refractivity contribution >= 4 is 5.78 Å². The number of Topliss-reactive ketones (excluding diaryl/α,β-unsaturated/α-hetero) is 1. The van der Waals surface area contributed by atoms with Gasteiger partial charge in [-0.3, -0.25) is 4.79 Å². The molecule has 0 amide bonds. The van der Waals surface area contributed by atoms with Crippen LogP contribution >= 0.6 is 0 Å². The van der Waals surface area contributed by atoms with Crippen LogP contribution in [-0.2, 0) is 12.8 Å². The number of methoxy groups -OCH3 is 2. The van der Waals surface area contributed by atoms with Crippen molar-refractivity contribution < 1.29 is 14.3 Å². The molecular formula is C18H18O3. The number of rotatable bonds is 4. The average Bonchev–Trinajstić information content (AvgIpc) is 2.82. The highest BCUT2D eigenvalue weighted by Crippen LogP contribution is 2.37. The van der Waals surface area contributed by atoms with E-state index in [2.05, 4.69) is 12.1 Å². The van der Waals surface area contributed by atoms with E-state index < -0.39 is 0 Å². The molecule has 1 aliphatic carbocycles. The van der Waals surface area contributed by atoms with E-state index in [0.717, 1.165) is 24.0 Å². The zero-order valence-electron chi connectivity index (χ0n) is 12.3. The molecular weight excluding hydrogens is 264 g/mol. The SMILES string of the molecule is COc1cc2c(cc1OC)C(=O)C(Cc1ccccc1)C2. The summed E-state index contributed by atoms with van der Waals surface area (Å²) >= 11 is 0. The molecule has 0 N–H and O–H groups in total. The van der Waals surface area contributed by atoms with Crippen LogP contribution < -0.4 is 9.47 Å². The molecule has 0 fully saturated rings. The lowest BCUT2D eigenvalue weighted by Gasteiger charge is -2.09. The van der Waals surface area contributed by atoms with Crippen molar-refractivity contribution in [2.75, 3.05) is 14.2 Å². The third kappa shape index (κ3) is 2.51. The monoisotopic (exact) mass is 282 g/mol. The Hall–Kier alpha value is -2.29. The van der Waals surface area contributed by atoms with Gasteiger partial charge in [0.15, 0.2) is 17.3 Å². The highest BCUT2D eigenvalue weighted by Gasteiger charge is 2.32. The van der Waals surface area contributed by atoms with Crippen LogP contribution in [0.25, 0.3) is 0 Å². The second-order valence-corrected chi connectivity index (χ2v) is 5.32. The first-order chi connectivity index (χ1) is 10.2. The lowest BCUT2D eigenvalue weighted by atomic mass is 9.96. The summed E-state index contributed by atoms with van der Waals surface area (Å²) in [5.74, 6) is 1.52. The molecule has 1 atom stereocenters. The van der Waals surface area contributed by atoms with Gasteiger partial charge < -0.3 is 9.47 Å². The molecule has 3 rings (SSSR count). The van der Waals surface area contributed by atoms with Crippen LogP contribution in [0.4, 0.5) is 0 Å². The van der Waals surface area contributed by atoms with E-state index in [1.54, 1.807) is 14.2 Å². The molecule has 1 aliphatic rings. The number of hydrogen-bond donors (Lipinski definition) is 0. The van der Waals surface area contributed by atoms with E-state index >= 15 is 0 Å². The van der Waals surface area contributed by atoms with Gasteiger partial charge in [-0.1, -0.05) is 30.3 Å². The lowest BCUT2D eigenvalue weighted by molar-refractivity contribution is 0.0936. The quantitative estimate of drug-likeness (QED) is 0.863. The van der Waals surface area contributed by atoms with Crippen LogP contribution in [0.15, 0.2) is 42.5 Å². The van der Waals surface area contributed by atoms with Gasteiger partial charge in [-0.2, -0.15) is 0 Å². The molecule has 0 bridgehead atoms. The molecule has 0 saturated heterocycles. The standard InChI is InChI=1S/C18H18O3/c1-20-16-10-13-9-14(8-12-6-4-3-5-7-12)18(19)15(13)11-17(16)21-2/h3-7,10-11,14H,8-9H2,1-2H3. The van der Waals surface area contributed by atoms with Crippen molar-refractivity contribution in [3.8, 4) is 11.5 Å². The summed E-state index contributed by atoms with van der Waals surface area (Å²) in [7, 11) is 3.20. The Morgan fingerprint density at radius 2 is 1.71 bits per heavy atom. The Labute approximate surface area is 124 Å². The molecule has 0 saturated carbocycles. The second-order valence-electron chi connectivity index (χ2n) is 5.32. The van der Waals surface area contributed by atoms with Gasteiger partial charge in [-0.15, -0.1) is 0 Å². The highest BCUT2D eigenvalue weighted by atomic mass is 16.5. The third-order valence-electron chi connectivity index (χ3n) is 4.04. The molecule has 0 aliphatic heterocycles. The van der Waals surface area contributed by atoms with Crippen LogP contribution in [-0.4, -0.2) is 20.0 Å². The molecule has 0 spiro atoms. The van der Waals surface area contributed by atoms with E-state index in [1.807, 2.05) is 30.3 Å². The normalized spacial score (nSPS) is 16.7. The van der Waals surface area contributed by atoms with Gasteiger partial charge in [0.1, 0.15) is 0 Å². The number of benzene rings is 2. The topological polar surface area (TPSA) is 35.5 Å². The zero-order chi connectivity index (χ0) is 14.8. The Kier molecular flexibility index (Phi) is 3.65. The van der Waals surface area contributed by atoms with Crippen LogP contribution in [0.2, 0.25) is 0 Å². The fourth-order valence-corrected chi connectivity index (χ4v) is 2.96. The minimum atomic E-state index is 0.0132. The van der Waals surface area contributed by atoms with E-state index in [9.17, 15) is 4.79 Å². The Bertz CT molecular complexity index is 662. The van der Waals surface area contributed by atoms with E-state index in [-0.39, 0.29) is 11.7 Å². The number of fused-ring (bicyclic) bond motifs is 1. The van der Waals surface area contributed by atoms with E-state index in [4.69, 9.17) is 9.47 Å². The van der Waals surface area contributed by atoms with Crippen LogP contribution in [0.3, 0.4) is 0 Å². The number of ketones is 1. The van der Waals surface area contributed by atoms with E-state index in [0.29, 0.717) is 11.5 Å². The summed E-state index contributed by atoms with van der Waals surface area (Å²) in [4.78, 5) is 12.6. The minimum Gasteiger partial charge on any atom is -0.493 e. The van der Waals surface area contributed by atoms with Crippen LogP contribution in [0.1, 0.15) is 21.5 Å². The molecule has 0 heterocycles. The van der Waals surface area contributed by atoms with Gasteiger partial charge >= 0.3 is 0 Å². The van der Waals surface area contributed by atoms with Crippen LogP contribution in [0.5, 0.6) is 11.5 Å². The zero-order valence-corrected chi connectivity index (χ0v) is 12.3. The van der Waals surface area contributed by atoms with Crippen molar-refractivity contribution in [3.63, 3.8) is 0 Å². The average molecular weight is 282 g/mol. The van der Waals surface area contributed by atoms with Gasteiger partial charge in [0, 0.05) is 11.5 Å². The fraction of sp³-hybridized carbons (Fsp3) is 0.278. The van der Waals surface area contributed by atoms with E-state index in [1.165, 1.54) is 5.56 Å². The van der Waals surface area contributed by atoms with Crippen molar-refractivity contribution in [1.82, 2.24) is 0 Å². The first kappa shape index (κ1) is 13.7. The van der Waals surface area contributed by atoms with Crippen molar-refractivity contribution in [2.24, 2.45) is 5.92 Å². The van der Waals surface area contributed by atoms with Gasteiger partial charge in [0.2, 0.25) is 0 Å². The molecule has 0 radical (unpaired) electrons. The summed E-state index contributed by atoms with van der Waals surface area (Å²) in [5.41, 5.74) is 3.02. The predicted molar refractivity (Wildman–Crippen MR) is 81.2 cm³/mol. The molecule has 2 aromatic carbocycles. The number of carbonyl (C=O) groups excluding carboxylic acids is 1. The largest absolute Gasteiger partial charge is 0.493 e. The minimum absolute atomic E-state index is 0.0132. The molecule has 21 heavy (non-hydrogen) atoms. The smallest absolute Gasteiger partial charge is 0.167 e. The molecule has 1 unspecified atom stereocenters. The first-order valence-electron chi connectivity index (χ1n) is 7.06. The lowest BCUT2D eigenvalue weighted by Crippen LogP contribution is -2.12. The molecule has 3 nitrogen and oxygen atoms in total. The highest BCUT2D eigenvalue weighted by molar-refractivity contribution is 6.03. The van der Waals surface area contributed by atoms with Crippen molar-refractivity contribution in [2.45, 2.75) is 12.8 Å². The van der Waals surface area contributed by atoms with Crippen molar-refractivity contribution in [3.05, 3.63) is 59.2 Å². The summed E-state index contributed by atoms with van der Waals surface area (Å²) < 4.78 is 10.6. The third-order valence-corrected chi connectivity index (χ3v) is 4.04. The van der Waals surface area contributed by atoms with Crippen molar-refractivity contribution in [1.29, 1.82) is 0 Å². The first-order valence-corrected chi connectivity index (χ1v) is 7.06. The maximum Gasteiger partial charge on any atom is 0.167 e. The summed E-state index contributed by atoms with van der Waals surface area (Å²) in [6.45, 7) is 0. The van der Waals surface area contributed by atoms with Crippen LogP contribution in [0, 0.1) is 5.92 Å². The Balaban J connectivity index is 1.88. The van der Waals surface area contributed by atoms with Gasteiger partial charge in [-0.25, -0.2) is 0 Å². The Morgan fingerprint density at radius 3 is 2.38 bits per heavy atom. The van der Waals surface area contributed by atoms with Gasteiger partial charge in [-0.05, 0) is 36.1 Å². The Morgan fingerprint density at radius 1 is 1.05 bits per heavy atom. The number of carbonyl (C=O) groups is 1. The second kappa shape index (κ2) is 5.60. The predicted octanol–water partition coefficient (Wildman–Crippen LogP) is 3.30. The maximum absolute atomic E-state index is 12.6. The van der Waals surface area contributed by atoms with Gasteiger partial charge in [0.25, 0.3) is 0 Å². The number of hydrogen-bond acceptors (Lipinski definition) is 3. The maximum atomic E-state index is 12.6. The molecule has 2 aromatic rings. The summed E-state index contributed by atoms with van der Waals surface area (Å²) in [6, 6.07) is 13.9. The molecule has 0 aromatic heterocycles. The van der Waals surface area contributed by atoms with Gasteiger partial charge in [0.05, 0.1) is 14.2 Å². The fourth-order valence-electron chi connectivity index (χ4n) is 2.96. The summed E-state index contributed by atoms with van der Waals surface area (Å²) in [5, 5.41) is 0. The number of ether oxygens (including phenoxy) is 2.